The van der Waals surface area contributed by atoms with Crippen molar-refractivity contribution >= 4 is 18.4 Å². The molecule has 0 amide bonds. The first-order valence-electron chi connectivity index (χ1n) is 3.74. The number of carboxylic acid groups (broad SMARTS) is 1. The normalized spacial score (nSPS) is 40.2. The largest absolute Gasteiger partial charge is 0.481 e. The maximum atomic E-state index is 10.5. The van der Waals surface area contributed by atoms with Crippen LogP contribution in [0.25, 0.3) is 0 Å². The molecule has 0 aromatic heterocycles. The molecule has 0 spiro atoms. The Morgan fingerprint density at radius 2 is 2.18 bits per heavy atom. The fourth-order valence-electron chi connectivity index (χ4n) is 2.02. The molecule has 2 N–H and O–H groups in total. The first-order valence-corrected chi connectivity index (χ1v) is 3.74. The first-order chi connectivity index (χ1) is 4.80. The summed E-state index contributed by atoms with van der Waals surface area (Å²) in [6.07, 6.45) is 1.06. The monoisotopic (exact) mass is 177 g/mol. The Bertz CT molecular complexity index is 162. The first kappa shape index (κ1) is 8.81. The van der Waals surface area contributed by atoms with E-state index in [1.165, 1.54) is 0 Å². The van der Waals surface area contributed by atoms with Crippen LogP contribution < -0.4 is 5.32 Å². The van der Waals surface area contributed by atoms with Gasteiger partial charge in [-0.15, -0.1) is 12.4 Å². The zero-order valence-electron chi connectivity index (χ0n) is 6.12. The zero-order valence-corrected chi connectivity index (χ0v) is 6.93. The molecule has 64 valence electrons. The summed E-state index contributed by atoms with van der Waals surface area (Å²) < 4.78 is 0. The van der Waals surface area contributed by atoms with Gasteiger partial charge < -0.3 is 10.4 Å². The van der Waals surface area contributed by atoms with Crippen molar-refractivity contribution < 1.29 is 9.90 Å². The Balaban J connectivity index is 0.000000605. The molecule has 1 aliphatic carbocycles. The molecule has 2 rings (SSSR count). The van der Waals surface area contributed by atoms with Crippen molar-refractivity contribution in [1.82, 2.24) is 5.32 Å². The average Bonchev–Trinajstić information content (AvgIpc) is 2.60. The van der Waals surface area contributed by atoms with E-state index in [4.69, 9.17) is 5.11 Å². The van der Waals surface area contributed by atoms with Gasteiger partial charge in [-0.05, 0) is 31.3 Å². The fourth-order valence-corrected chi connectivity index (χ4v) is 2.02. The van der Waals surface area contributed by atoms with Crippen LogP contribution in [0.3, 0.4) is 0 Å². The second-order valence-corrected chi connectivity index (χ2v) is 3.18. The van der Waals surface area contributed by atoms with Crippen LogP contribution in [0.5, 0.6) is 0 Å². The van der Waals surface area contributed by atoms with Gasteiger partial charge >= 0.3 is 5.97 Å². The van der Waals surface area contributed by atoms with Crippen LogP contribution in [0.2, 0.25) is 0 Å². The molecule has 2 aliphatic rings. The number of nitrogens with one attached hydrogen (secondary N) is 1. The van der Waals surface area contributed by atoms with Gasteiger partial charge in [0, 0.05) is 0 Å². The molecular weight excluding hydrogens is 166 g/mol. The maximum Gasteiger partial charge on any atom is 0.307 e. The van der Waals surface area contributed by atoms with E-state index in [0.717, 1.165) is 19.5 Å². The molecule has 0 unspecified atom stereocenters. The predicted octanol–water partition coefficient (Wildman–Crippen LogP) is 0.348. The van der Waals surface area contributed by atoms with E-state index in [9.17, 15) is 4.79 Å². The van der Waals surface area contributed by atoms with Crippen LogP contribution in [0.1, 0.15) is 6.42 Å². The number of halogens is 1. The summed E-state index contributed by atoms with van der Waals surface area (Å²) in [7, 11) is 0. The number of aliphatic carboxylic acids is 1. The highest BCUT2D eigenvalue weighted by molar-refractivity contribution is 5.85. The van der Waals surface area contributed by atoms with Crippen LogP contribution in [0.4, 0.5) is 0 Å². The molecular formula is C7H12ClNO2. The topological polar surface area (TPSA) is 49.3 Å². The van der Waals surface area contributed by atoms with Crippen molar-refractivity contribution in [3.63, 3.8) is 0 Å². The quantitative estimate of drug-likeness (QED) is 0.608. The number of piperidine rings is 1. The highest BCUT2D eigenvalue weighted by Gasteiger charge is 2.55. The number of hydrogen-bond donors (Lipinski definition) is 2. The van der Waals surface area contributed by atoms with E-state index in [2.05, 4.69) is 5.32 Å². The predicted molar refractivity (Wildman–Crippen MR) is 42.8 cm³/mol. The lowest BCUT2D eigenvalue weighted by Crippen LogP contribution is -2.23. The SMILES string of the molecule is Cl.O=C(O)[C@@H]1[C@@H]2CNCC[C@@H]21. The molecule has 0 aromatic carbocycles. The Hall–Kier alpha value is -0.280. The molecule has 1 aliphatic heterocycles. The standard InChI is InChI=1S/C7H11NO2.ClH/c9-7(10)6-4-1-2-8-3-5(4)6;/h4-6,8H,1-3H2,(H,9,10);1H/t4-,5+,6-;/m0./s1. The Kier molecular flexibility index (Phi) is 2.40. The van der Waals surface area contributed by atoms with Crippen molar-refractivity contribution in [2.75, 3.05) is 13.1 Å². The average molecular weight is 178 g/mol. The lowest BCUT2D eigenvalue weighted by molar-refractivity contribution is -0.139. The van der Waals surface area contributed by atoms with E-state index in [1.54, 1.807) is 0 Å². The summed E-state index contributed by atoms with van der Waals surface area (Å²) in [6, 6.07) is 0. The molecule has 3 atom stereocenters. The van der Waals surface area contributed by atoms with E-state index in [1.807, 2.05) is 0 Å². The summed E-state index contributed by atoms with van der Waals surface area (Å²) in [5, 5.41) is 11.9. The van der Waals surface area contributed by atoms with Gasteiger partial charge in [0.15, 0.2) is 0 Å². The third kappa shape index (κ3) is 1.35. The van der Waals surface area contributed by atoms with Crippen molar-refractivity contribution in [2.24, 2.45) is 17.8 Å². The van der Waals surface area contributed by atoms with Gasteiger partial charge in [-0.1, -0.05) is 0 Å². The van der Waals surface area contributed by atoms with E-state index < -0.39 is 5.97 Å². The van der Waals surface area contributed by atoms with Crippen LogP contribution in [-0.4, -0.2) is 24.2 Å². The number of hydrogen-bond acceptors (Lipinski definition) is 2. The third-order valence-corrected chi connectivity index (χ3v) is 2.65. The lowest BCUT2D eigenvalue weighted by atomic mass is 10.2. The van der Waals surface area contributed by atoms with Crippen LogP contribution in [0.15, 0.2) is 0 Å². The van der Waals surface area contributed by atoms with Crippen molar-refractivity contribution in [1.29, 1.82) is 0 Å². The Morgan fingerprint density at radius 3 is 2.64 bits per heavy atom. The summed E-state index contributed by atoms with van der Waals surface area (Å²) in [5.41, 5.74) is 0. The molecule has 4 heteroatoms. The zero-order chi connectivity index (χ0) is 7.14. The highest BCUT2D eigenvalue weighted by atomic mass is 35.5. The minimum atomic E-state index is -0.598. The van der Waals surface area contributed by atoms with Gasteiger partial charge in [-0.25, -0.2) is 0 Å². The molecule has 0 radical (unpaired) electrons. The minimum absolute atomic E-state index is 0. The molecule has 11 heavy (non-hydrogen) atoms. The van der Waals surface area contributed by atoms with Gasteiger partial charge in [0.25, 0.3) is 0 Å². The minimum Gasteiger partial charge on any atom is -0.481 e. The van der Waals surface area contributed by atoms with Gasteiger partial charge in [0.1, 0.15) is 0 Å². The van der Waals surface area contributed by atoms with Gasteiger partial charge in [-0.2, -0.15) is 0 Å². The van der Waals surface area contributed by atoms with E-state index in [-0.39, 0.29) is 18.3 Å². The number of fused-ring (bicyclic) bond motifs is 1. The second kappa shape index (κ2) is 2.99. The number of carboxylic acids is 1. The number of rotatable bonds is 1. The fraction of sp³-hybridized carbons (Fsp3) is 0.857. The lowest BCUT2D eigenvalue weighted by Gasteiger charge is -2.07. The second-order valence-electron chi connectivity index (χ2n) is 3.18. The van der Waals surface area contributed by atoms with Crippen LogP contribution >= 0.6 is 12.4 Å². The maximum absolute atomic E-state index is 10.5. The summed E-state index contributed by atoms with van der Waals surface area (Å²) in [4.78, 5) is 10.5. The Morgan fingerprint density at radius 1 is 1.45 bits per heavy atom. The number of carbonyl (C=O) groups is 1. The summed E-state index contributed by atoms with van der Waals surface area (Å²) >= 11 is 0. The van der Waals surface area contributed by atoms with Crippen LogP contribution in [-0.2, 0) is 4.79 Å². The molecule has 1 saturated heterocycles. The Labute approximate surface area is 71.6 Å². The molecule has 0 bridgehead atoms. The van der Waals surface area contributed by atoms with Gasteiger partial charge in [-0.3, -0.25) is 4.79 Å². The summed E-state index contributed by atoms with van der Waals surface area (Å²) in [5.74, 6) is 0.332. The molecule has 3 nitrogen and oxygen atoms in total. The molecule has 1 saturated carbocycles. The van der Waals surface area contributed by atoms with Crippen molar-refractivity contribution in [2.45, 2.75) is 6.42 Å². The highest BCUT2D eigenvalue weighted by Crippen LogP contribution is 2.49. The molecule has 2 fully saturated rings. The van der Waals surface area contributed by atoms with E-state index >= 15 is 0 Å². The van der Waals surface area contributed by atoms with Gasteiger partial charge in [0.05, 0.1) is 5.92 Å². The molecule has 1 heterocycles. The van der Waals surface area contributed by atoms with Crippen molar-refractivity contribution in [3.8, 4) is 0 Å². The van der Waals surface area contributed by atoms with Crippen molar-refractivity contribution in [3.05, 3.63) is 0 Å². The smallest absolute Gasteiger partial charge is 0.307 e. The van der Waals surface area contributed by atoms with Gasteiger partial charge in [0.2, 0.25) is 0 Å². The van der Waals surface area contributed by atoms with Crippen LogP contribution in [0, 0.1) is 17.8 Å². The summed E-state index contributed by atoms with van der Waals surface area (Å²) in [6.45, 7) is 1.92. The van der Waals surface area contributed by atoms with E-state index in [0.29, 0.717) is 11.8 Å². The molecule has 0 aromatic rings. The third-order valence-electron chi connectivity index (χ3n) is 2.65.